The Morgan fingerprint density at radius 1 is 0.865 bits per heavy atom. The maximum absolute atomic E-state index is 14.2. The molecular weight excluding hydrogens is 480 g/mol. The number of benzene rings is 4. The number of aromatic amines is 1. The molecule has 1 aliphatic rings. The fourth-order valence-electron chi connectivity index (χ4n) is 5.42. The maximum Gasteiger partial charge on any atom is 0.269 e. The van der Waals surface area contributed by atoms with Crippen LogP contribution in [0.15, 0.2) is 108 Å². The molecule has 0 amide bonds. The molecule has 4 aromatic carbocycles. The van der Waals surface area contributed by atoms with Gasteiger partial charge in [0.15, 0.2) is 0 Å². The lowest BCUT2D eigenvalue weighted by Crippen LogP contribution is -2.33. The molecule has 0 aliphatic carbocycles. The molecule has 0 unspecified atom stereocenters. The number of hydrogen-bond donors (Lipinski definition) is 1. The van der Waals surface area contributed by atoms with Gasteiger partial charge in [0, 0.05) is 29.0 Å². The van der Waals surface area contributed by atoms with Crippen molar-refractivity contribution >= 4 is 32.4 Å². The molecular formula is C31H28N2O3S. The predicted molar refractivity (Wildman–Crippen MR) is 148 cm³/mol. The lowest BCUT2D eigenvalue weighted by atomic mass is 9.80. The number of hydrogen-bond acceptors (Lipinski definition) is 3. The highest BCUT2D eigenvalue weighted by molar-refractivity contribution is 7.93. The average Bonchev–Trinajstić information content (AvgIpc) is 3.30. The minimum atomic E-state index is -3.92. The van der Waals surface area contributed by atoms with Crippen LogP contribution in [0.4, 0.5) is 11.5 Å². The summed E-state index contributed by atoms with van der Waals surface area (Å²) in [5.74, 6) is 0.347. The lowest BCUT2D eigenvalue weighted by molar-refractivity contribution is 0.0507. The number of H-pyrrole nitrogens is 1. The van der Waals surface area contributed by atoms with Crippen LogP contribution >= 0.6 is 0 Å². The molecule has 1 aromatic heterocycles. The van der Waals surface area contributed by atoms with Gasteiger partial charge in [-0.3, -0.25) is 0 Å². The Morgan fingerprint density at radius 3 is 2.30 bits per heavy atom. The smallest absolute Gasteiger partial charge is 0.269 e. The largest absolute Gasteiger partial charge is 0.373 e. The summed E-state index contributed by atoms with van der Waals surface area (Å²) in [6, 6.07) is 33.0. The van der Waals surface area contributed by atoms with Gasteiger partial charge in [-0.2, -0.15) is 0 Å². The molecule has 186 valence electrons. The number of ether oxygens (including phenoxy) is 1. The van der Waals surface area contributed by atoms with Crippen molar-refractivity contribution in [3.8, 4) is 0 Å². The third kappa shape index (κ3) is 3.84. The summed E-state index contributed by atoms with van der Waals surface area (Å²) < 4.78 is 36.4. The Balaban J connectivity index is 1.66. The topological polar surface area (TPSA) is 62.4 Å². The molecule has 0 saturated heterocycles. The van der Waals surface area contributed by atoms with Gasteiger partial charge in [-0.1, -0.05) is 84.4 Å². The number of nitrogens with zero attached hydrogens (tertiary/aromatic N) is 1. The molecule has 37 heavy (non-hydrogen) atoms. The van der Waals surface area contributed by atoms with Gasteiger partial charge in [0.2, 0.25) is 0 Å². The highest BCUT2D eigenvalue weighted by atomic mass is 32.2. The Bertz CT molecular complexity index is 1680. The first-order chi connectivity index (χ1) is 18.0. The molecule has 0 spiro atoms. The number of para-hydroxylation sites is 2. The SMILES string of the molecule is CCO[C@@H](c1ccccc1)[C@@H]1c2ccccc2N(S(=O)(=O)c2ccc(C)cc2)c2[nH]c3ccccc3c21. The summed E-state index contributed by atoms with van der Waals surface area (Å²) in [5.41, 5.74) is 5.41. The molecule has 0 fully saturated rings. The normalized spacial score (nSPS) is 15.8. The number of aromatic nitrogens is 1. The number of rotatable bonds is 6. The van der Waals surface area contributed by atoms with Gasteiger partial charge in [0.25, 0.3) is 10.0 Å². The number of nitrogens with one attached hydrogen (secondary N) is 1. The summed E-state index contributed by atoms with van der Waals surface area (Å²) in [4.78, 5) is 3.71. The Hall–Kier alpha value is -3.87. The molecule has 5 aromatic rings. The van der Waals surface area contributed by atoms with E-state index in [-0.39, 0.29) is 16.9 Å². The molecule has 6 rings (SSSR count). The fourth-order valence-corrected chi connectivity index (χ4v) is 6.92. The van der Waals surface area contributed by atoms with E-state index in [0.717, 1.165) is 33.2 Å². The average molecular weight is 509 g/mol. The van der Waals surface area contributed by atoms with Crippen LogP contribution < -0.4 is 4.31 Å². The van der Waals surface area contributed by atoms with E-state index in [1.165, 1.54) is 4.31 Å². The zero-order chi connectivity index (χ0) is 25.6. The van der Waals surface area contributed by atoms with Crippen molar-refractivity contribution in [3.63, 3.8) is 0 Å². The summed E-state index contributed by atoms with van der Waals surface area (Å²) in [5, 5.41) is 0.988. The van der Waals surface area contributed by atoms with Gasteiger partial charge < -0.3 is 9.72 Å². The third-order valence-electron chi connectivity index (χ3n) is 7.07. The Kier molecular flexibility index (Phi) is 5.86. The second-order valence-electron chi connectivity index (χ2n) is 9.34. The number of sulfonamides is 1. The molecule has 0 radical (unpaired) electrons. The monoisotopic (exact) mass is 508 g/mol. The van der Waals surface area contributed by atoms with E-state index in [0.29, 0.717) is 18.1 Å². The van der Waals surface area contributed by atoms with Crippen LogP contribution in [-0.2, 0) is 14.8 Å². The van der Waals surface area contributed by atoms with E-state index in [1.807, 2.05) is 86.6 Å². The van der Waals surface area contributed by atoms with Crippen LogP contribution in [0, 0.1) is 6.92 Å². The van der Waals surface area contributed by atoms with Crippen LogP contribution in [0.5, 0.6) is 0 Å². The van der Waals surface area contributed by atoms with Gasteiger partial charge in [-0.05, 0) is 49.2 Å². The minimum absolute atomic E-state index is 0.214. The highest BCUT2D eigenvalue weighted by Crippen LogP contribution is 2.54. The first-order valence-corrected chi connectivity index (χ1v) is 13.9. The van der Waals surface area contributed by atoms with E-state index in [4.69, 9.17) is 4.74 Å². The van der Waals surface area contributed by atoms with E-state index in [2.05, 4.69) is 23.2 Å². The van der Waals surface area contributed by atoms with Gasteiger partial charge in [0.1, 0.15) is 5.82 Å². The van der Waals surface area contributed by atoms with E-state index >= 15 is 0 Å². The third-order valence-corrected chi connectivity index (χ3v) is 8.79. The van der Waals surface area contributed by atoms with Crippen LogP contribution in [0.2, 0.25) is 0 Å². The molecule has 0 bridgehead atoms. The van der Waals surface area contributed by atoms with Gasteiger partial charge in [-0.25, -0.2) is 12.7 Å². The zero-order valence-corrected chi connectivity index (χ0v) is 21.6. The van der Waals surface area contributed by atoms with Gasteiger partial charge in [0.05, 0.1) is 16.7 Å². The van der Waals surface area contributed by atoms with Crippen LogP contribution in [0.3, 0.4) is 0 Å². The predicted octanol–water partition coefficient (Wildman–Crippen LogP) is 7.23. The summed E-state index contributed by atoms with van der Waals surface area (Å²) >= 11 is 0. The Labute approximate surface area is 217 Å². The summed E-state index contributed by atoms with van der Waals surface area (Å²) in [6.07, 6.45) is -0.297. The molecule has 2 heterocycles. The van der Waals surface area contributed by atoms with Crippen molar-refractivity contribution in [1.29, 1.82) is 0 Å². The zero-order valence-electron chi connectivity index (χ0n) is 20.8. The number of anilines is 2. The lowest BCUT2D eigenvalue weighted by Gasteiger charge is -2.38. The highest BCUT2D eigenvalue weighted by Gasteiger charge is 2.43. The molecule has 0 saturated carbocycles. The first-order valence-electron chi connectivity index (χ1n) is 12.5. The van der Waals surface area contributed by atoms with Crippen molar-refractivity contribution in [2.24, 2.45) is 0 Å². The quantitative estimate of drug-likeness (QED) is 0.263. The second-order valence-corrected chi connectivity index (χ2v) is 11.1. The number of fused-ring (bicyclic) bond motifs is 4. The van der Waals surface area contributed by atoms with Crippen molar-refractivity contribution in [2.75, 3.05) is 10.9 Å². The standard InChI is InChI=1S/C31H28N2O3S/c1-3-36-30(22-11-5-4-6-12-22)28-25-14-8-10-16-27(25)33(37(34,35)23-19-17-21(2)18-20-23)31-29(28)24-13-7-9-15-26(24)32-31/h4-20,28,30,32H,3H2,1-2H3/t28-,30+/m1/s1. The summed E-state index contributed by atoms with van der Waals surface area (Å²) in [6.45, 7) is 4.47. The van der Waals surface area contributed by atoms with Crippen LogP contribution in [-0.4, -0.2) is 20.0 Å². The number of aryl methyl sites for hydroxylation is 1. The van der Waals surface area contributed by atoms with Gasteiger partial charge >= 0.3 is 0 Å². The van der Waals surface area contributed by atoms with Crippen molar-refractivity contribution in [3.05, 3.63) is 125 Å². The Morgan fingerprint density at radius 2 is 1.54 bits per heavy atom. The fraction of sp³-hybridized carbons (Fsp3) is 0.161. The van der Waals surface area contributed by atoms with Crippen LogP contribution in [0.25, 0.3) is 10.9 Å². The minimum Gasteiger partial charge on any atom is -0.373 e. The van der Waals surface area contributed by atoms with E-state index < -0.39 is 10.0 Å². The van der Waals surface area contributed by atoms with E-state index in [9.17, 15) is 8.42 Å². The molecule has 6 heteroatoms. The first kappa shape index (κ1) is 23.5. The molecule has 1 aliphatic heterocycles. The van der Waals surface area contributed by atoms with Crippen molar-refractivity contribution in [2.45, 2.75) is 30.8 Å². The maximum atomic E-state index is 14.2. The molecule has 1 N–H and O–H groups in total. The van der Waals surface area contributed by atoms with Crippen molar-refractivity contribution < 1.29 is 13.2 Å². The van der Waals surface area contributed by atoms with E-state index in [1.54, 1.807) is 12.1 Å². The van der Waals surface area contributed by atoms with Crippen molar-refractivity contribution in [1.82, 2.24) is 4.98 Å². The second kappa shape index (κ2) is 9.21. The van der Waals surface area contributed by atoms with Crippen LogP contribution in [0.1, 0.15) is 41.2 Å². The molecule has 5 nitrogen and oxygen atoms in total. The summed E-state index contributed by atoms with van der Waals surface area (Å²) in [7, 11) is -3.92. The molecule has 2 atom stereocenters. The van der Waals surface area contributed by atoms with Gasteiger partial charge in [-0.15, -0.1) is 0 Å².